The van der Waals surface area contributed by atoms with Crippen LogP contribution in [0.15, 0.2) is 72.8 Å². The number of benzene rings is 3. The third kappa shape index (κ3) is 6.63. The molecule has 1 aliphatic rings. The maximum atomic E-state index is 13.0. The van der Waals surface area contributed by atoms with Crippen LogP contribution in [0.1, 0.15) is 47.3 Å². The summed E-state index contributed by atoms with van der Waals surface area (Å²) in [5.41, 5.74) is 3.04. The minimum absolute atomic E-state index is 0.0504. The van der Waals surface area contributed by atoms with Crippen LogP contribution in [0, 0.1) is 5.92 Å². The van der Waals surface area contributed by atoms with E-state index in [4.69, 9.17) is 23.2 Å². The molecule has 0 radical (unpaired) electrons. The van der Waals surface area contributed by atoms with E-state index in [1.54, 1.807) is 24.3 Å². The Bertz CT molecular complexity index is 1180. The Kier molecular flexibility index (Phi) is 8.45. The van der Waals surface area contributed by atoms with Crippen LogP contribution >= 0.6 is 23.2 Å². The van der Waals surface area contributed by atoms with Crippen molar-refractivity contribution in [3.05, 3.63) is 99.5 Å². The SMILES string of the molecule is CC(NC(=O)c1ccccc1NC(=O)C1CCN(Cc2ccc(Cl)cc2Cl)CC1)c1ccccc1. The summed E-state index contributed by atoms with van der Waals surface area (Å²) < 4.78 is 0. The second-order valence-corrected chi connectivity index (χ2v) is 9.77. The summed E-state index contributed by atoms with van der Waals surface area (Å²) in [6, 6.07) is 22.3. The molecular weight excluding hydrogens is 481 g/mol. The number of halogens is 2. The molecule has 3 aromatic carbocycles. The lowest BCUT2D eigenvalue weighted by atomic mass is 9.95. The number of para-hydroxylation sites is 1. The fourth-order valence-corrected chi connectivity index (χ4v) is 4.84. The van der Waals surface area contributed by atoms with Gasteiger partial charge in [-0.2, -0.15) is 0 Å². The van der Waals surface area contributed by atoms with Gasteiger partial charge in [-0.15, -0.1) is 0 Å². The number of carbonyl (C=O) groups excluding carboxylic acids is 2. The Morgan fingerprint density at radius 2 is 1.66 bits per heavy atom. The highest BCUT2D eigenvalue weighted by Gasteiger charge is 2.26. The van der Waals surface area contributed by atoms with Crippen molar-refractivity contribution in [2.75, 3.05) is 18.4 Å². The molecule has 1 unspecified atom stereocenters. The van der Waals surface area contributed by atoms with Gasteiger partial charge in [0.1, 0.15) is 0 Å². The predicted octanol–water partition coefficient (Wildman–Crippen LogP) is 6.34. The molecule has 1 atom stereocenters. The zero-order valence-corrected chi connectivity index (χ0v) is 21.1. The molecule has 2 N–H and O–H groups in total. The average Bonchev–Trinajstić information content (AvgIpc) is 2.87. The first-order valence-corrected chi connectivity index (χ1v) is 12.6. The Balaban J connectivity index is 1.33. The van der Waals surface area contributed by atoms with Gasteiger partial charge in [0, 0.05) is 22.5 Å². The minimum Gasteiger partial charge on any atom is -0.345 e. The zero-order chi connectivity index (χ0) is 24.8. The molecule has 0 bridgehead atoms. The normalized spacial score (nSPS) is 15.4. The van der Waals surface area contributed by atoms with Gasteiger partial charge >= 0.3 is 0 Å². The number of anilines is 1. The third-order valence-electron chi connectivity index (χ3n) is 6.44. The summed E-state index contributed by atoms with van der Waals surface area (Å²) in [7, 11) is 0. The van der Waals surface area contributed by atoms with E-state index in [0.717, 1.165) is 43.6 Å². The second kappa shape index (κ2) is 11.7. The topological polar surface area (TPSA) is 61.4 Å². The number of rotatable bonds is 7. The Morgan fingerprint density at radius 1 is 0.971 bits per heavy atom. The molecule has 7 heteroatoms. The smallest absolute Gasteiger partial charge is 0.253 e. The molecule has 4 rings (SSSR count). The largest absolute Gasteiger partial charge is 0.345 e. The molecule has 3 aromatic rings. The van der Waals surface area contributed by atoms with Gasteiger partial charge in [0.25, 0.3) is 5.91 Å². The molecule has 1 aliphatic heterocycles. The van der Waals surface area contributed by atoms with Crippen molar-refractivity contribution in [3.8, 4) is 0 Å². The molecule has 2 amide bonds. The van der Waals surface area contributed by atoms with Crippen LogP contribution in [-0.4, -0.2) is 29.8 Å². The highest BCUT2D eigenvalue weighted by Crippen LogP contribution is 2.26. The van der Waals surface area contributed by atoms with Crippen LogP contribution in [0.2, 0.25) is 10.0 Å². The van der Waals surface area contributed by atoms with Crippen LogP contribution in [0.5, 0.6) is 0 Å². The Morgan fingerprint density at radius 3 is 2.37 bits per heavy atom. The highest BCUT2D eigenvalue weighted by atomic mass is 35.5. The second-order valence-electron chi connectivity index (χ2n) is 8.93. The highest BCUT2D eigenvalue weighted by molar-refractivity contribution is 6.35. The molecule has 0 aliphatic carbocycles. The van der Waals surface area contributed by atoms with Crippen molar-refractivity contribution < 1.29 is 9.59 Å². The molecule has 1 heterocycles. The summed E-state index contributed by atoms with van der Waals surface area (Å²) in [4.78, 5) is 28.3. The van der Waals surface area contributed by atoms with Crippen molar-refractivity contribution in [1.29, 1.82) is 0 Å². The maximum absolute atomic E-state index is 13.0. The van der Waals surface area contributed by atoms with Gasteiger partial charge in [0.15, 0.2) is 0 Å². The summed E-state index contributed by atoms with van der Waals surface area (Å²) in [5, 5.41) is 7.31. The molecule has 1 fully saturated rings. The Hall–Kier alpha value is -2.86. The van der Waals surface area contributed by atoms with Gasteiger partial charge in [-0.05, 0) is 68.2 Å². The summed E-state index contributed by atoms with van der Waals surface area (Å²) in [6.07, 6.45) is 1.49. The van der Waals surface area contributed by atoms with Crippen LogP contribution < -0.4 is 10.6 Å². The van der Waals surface area contributed by atoms with Crippen molar-refractivity contribution in [3.63, 3.8) is 0 Å². The molecule has 182 valence electrons. The number of likely N-dealkylation sites (tertiary alicyclic amines) is 1. The number of nitrogens with one attached hydrogen (secondary N) is 2. The molecule has 0 aromatic heterocycles. The van der Waals surface area contributed by atoms with Crippen LogP contribution in [0.4, 0.5) is 5.69 Å². The van der Waals surface area contributed by atoms with Crippen molar-refractivity contribution >= 4 is 40.7 Å². The number of carbonyl (C=O) groups is 2. The van der Waals surface area contributed by atoms with Crippen molar-refractivity contribution in [2.24, 2.45) is 5.92 Å². The standard InChI is InChI=1S/C28H29Cl2N3O2/c1-19(20-7-3-2-4-8-20)31-28(35)24-9-5-6-10-26(24)32-27(34)21-13-15-33(16-14-21)18-22-11-12-23(29)17-25(22)30/h2-12,17,19,21H,13-16,18H2,1H3,(H,31,35)(H,32,34). The van der Waals surface area contributed by atoms with E-state index in [9.17, 15) is 9.59 Å². The Labute approximate surface area is 216 Å². The number of hydrogen-bond donors (Lipinski definition) is 2. The van der Waals surface area contributed by atoms with Gasteiger partial charge in [0.2, 0.25) is 5.91 Å². The van der Waals surface area contributed by atoms with Gasteiger partial charge in [-0.3, -0.25) is 14.5 Å². The van der Waals surface area contributed by atoms with E-state index < -0.39 is 0 Å². The zero-order valence-electron chi connectivity index (χ0n) is 19.6. The molecule has 35 heavy (non-hydrogen) atoms. The maximum Gasteiger partial charge on any atom is 0.253 e. The lowest BCUT2D eigenvalue weighted by molar-refractivity contribution is -0.121. The minimum atomic E-state index is -0.216. The summed E-state index contributed by atoms with van der Waals surface area (Å²) in [5.74, 6) is -0.372. The van der Waals surface area contributed by atoms with E-state index in [-0.39, 0.29) is 23.8 Å². The van der Waals surface area contributed by atoms with E-state index in [2.05, 4.69) is 15.5 Å². The van der Waals surface area contributed by atoms with Crippen molar-refractivity contribution in [1.82, 2.24) is 10.2 Å². The fourth-order valence-electron chi connectivity index (χ4n) is 4.37. The number of amides is 2. The first-order chi connectivity index (χ1) is 16.9. The molecule has 5 nitrogen and oxygen atoms in total. The first-order valence-electron chi connectivity index (χ1n) is 11.8. The lowest BCUT2D eigenvalue weighted by Gasteiger charge is -2.31. The molecule has 1 saturated heterocycles. The quantitative estimate of drug-likeness (QED) is 0.390. The molecule has 0 spiro atoms. The van der Waals surface area contributed by atoms with Gasteiger partial charge in [-0.25, -0.2) is 0 Å². The number of piperidine rings is 1. The lowest BCUT2D eigenvalue weighted by Crippen LogP contribution is -2.38. The summed E-state index contributed by atoms with van der Waals surface area (Å²) in [6.45, 7) is 4.27. The number of hydrogen-bond acceptors (Lipinski definition) is 3. The fraction of sp³-hybridized carbons (Fsp3) is 0.286. The van der Waals surface area contributed by atoms with Crippen LogP contribution in [-0.2, 0) is 11.3 Å². The predicted molar refractivity (Wildman–Crippen MR) is 142 cm³/mol. The monoisotopic (exact) mass is 509 g/mol. The van der Waals surface area contributed by atoms with Crippen LogP contribution in [0.25, 0.3) is 0 Å². The van der Waals surface area contributed by atoms with Gasteiger partial charge in [-0.1, -0.05) is 71.7 Å². The van der Waals surface area contributed by atoms with Crippen molar-refractivity contribution in [2.45, 2.75) is 32.4 Å². The average molecular weight is 510 g/mol. The third-order valence-corrected chi connectivity index (χ3v) is 7.03. The first kappa shape index (κ1) is 25.2. The van der Waals surface area contributed by atoms with Gasteiger partial charge < -0.3 is 10.6 Å². The van der Waals surface area contributed by atoms with E-state index in [0.29, 0.717) is 21.3 Å². The summed E-state index contributed by atoms with van der Waals surface area (Å²) >= 11 is 12.3. The molecular formula is C28H29Cl2N3O2. The van der Waals surface area contributed by atoms with E-state index >= 15 is 0 Å². The van der Waals surface area contributed by atoms with E-state index in [1.165, 1.54) is 0 Å². The molecule has 0 saturated carbocycles. The van der Waals surface area contributed by atoms with E-state index in [1.807, 2.05) is 55.5 Å². The van der Waals surface area contributed by atoms with Crippen LogP contribution in [0.3, 0.4) is 0 Å². The number of nitrogens with zero attached hydrogens (tertiary/aromatic N) is 1. The van der Waals surface area contributed by atoms with Gasteiger partial charge in [0.05, 0.1) is 17.3 Å².